The molecule has 9 heteroatoms. The minimum absolute atomic E-state index is 0.212. The predicted octanol–water partition coefficient (Wildman–Crippen LogP) is 4.15. The highest BCUT2D eigenvalue weighted by Gasteiger charge is 2.33. The first-order chi connectivity index (χ1) is 18.8. The Labute approximate surface area is 228 Å². The van der Waals surface area contributed by atoms with Gasteiger partial charge in [-0.05, 0) is 50.6 Å². The highest BCUT2D eigenvalue weighted by molar-refractivity contribution is 7.07. The Balaban J connectivity index is 1.60. The van der Waals surface area contributed by atoms with Crippen LogP contribution < -0.4 is 14.9 Å². The van der Waals surface area contributed by atoms with Crippen LogP contribution >= 0.6 is 11.3 Å². The number of rotatable bonds is 6. The van der Waals surface area contributed by atoms with E-state index in [1.807, 2.05) is 37.3 Å². The normalized spacial score (nSPS) is 15.1. The van der Waals surface area contributed by atoms with Gasteiger partial charge in [-0.2, -0.15) is 0 Å². The fraction of sp³-hybridized carbons (Fsp3) is 0.200. The van der Waals surface area contributed by atoms with Gasteiger partial charge in [0.2, 0.25) is 0 Å². The number of hydrogen-bond acceptors (Lipinski definition) is 8. The molecule has 0 saturated heterocycles. The third-order valence-electron chi connectivity index (χ3n) is 6.38. The van der Waals surface area contributed by atoms with Crippen molar-refractivity contribution in [3.63, 3.8) is 0 Å². The Bertz CT molecular complexity index is 1790. The smallest absolute Gasteiger partial charge is 0.338 e. The monoisotopic (exact) mass is 542 g/mol. The number of ether oxygens (including phenoxy) is 2. The highest BCUT2D eigenvalue weighted by atomic mass is 32.1. The SMILES string of the molecule is CCOC(=O)C1=C(C)N=c2s/c(=C\c3ccc(-c4cccc(C(=O)OC)c4)o3)c(=O)n2[C@H]1c1ccc(C)cc1. The number of allylic oxidation sites excluding steroid dienone is 1. The van der Waals surface area contributed by atoms with E-state index >= 15 is 0 Å². The van der Waals surface area contributed by atoms with Gasteiger partial charge < -0.3 is 13.9 Å². The quantitative estimate of drug-likeness (QED) is 0.340. The third kappa shape index (κ3) is 5.00. The summed E-state index contributed by atoms with van der Waals surface area (Å²) in [5.74, 6) is 0.0681. The van der Waals surface area contributed by atoms with Gasteiger partial charge in [-0.3, -0.25) is 9.36 Å². The lowest BCUT2D eigenvalue weighted by molar-refractivity contribution is -0.139. The summed E-state index contributed by atoms with van der Waals surface area (Å²) in [6, 6.07) is 17.5. The molecule has 1 aliphatic heterocycles. The Kier molecular flexibility index (Phi) is 7.17. The van der Waals surface area contributed by atoms with Gasteiger partial charge in [0.25, 0.3) is 5.56 Å². The molecule has 0 N–H and O–H groups in total. The van der Waals surface area contributed by atoms with Gasteiger partial charge in [0, 0.05) is 11.6 Å². The largest absolute Gasteiger partial charge is 0.465 e. The molecule has 0 aliphatic carbocycles. The number of esters is 2. The standard InChI is InChI=1S/C30H26N2O6S/c1-5-37-29(35)25-18(3)31-30-32(26(25)19-11-9-17(2)10-12-19)27(33)24(39-30)16-22-13-14-23(38-22)20-7-6-8-21(15-20)28(34)36-4/h6-16,26H,5H2,1-4H3/b24-16-/t26-/m0/s1. The Morgan fingerprint density at radius 1 is 1.08 bits per heavy atom. The van der Waals surface area contributed by atoms with E-state index in [2.05, 4.69) is 4.99 Å². The van der Waals surface area contributed by atoms with E-state index in [0.717, 1.165) is 11.1 Å². The molecular formula is C30H26N2O6S. The lowest BCUT2D eigenvalue weighted by Crippen LogP contribution is -2.39. The molecule has 0 amide bonds. The second-order valence-electron chi connectivity index (χ2n) is 8.99. The Hall–Kier alpha value is -4.50. The van der Waals surface area contributed by atoms with Crippen molar-refractivity contribution in [1.82, 2.24) is 4.57 Å². The van der Waals surface area contributed by atoms with Crippen molar-refractivity contribution in [2.75, 3.05) is 13.7 Å². The highest BCUT2D eigenvalue weighted by Crippen LogP contribution is 2.31. The maximum absolute atomic E-state index is 13.7. The number of methoxy groups -OCH3 is 1. The average Bonchev–Trinajstić information content (AvgIpc) is 3.52. The van der Waals surface area contributed by atoms with Gasteiger partial charge in [-0.1, -0.05) is 53.3 Å². The minimum atomic E-state index is -0.670. The molecule has 1 atom stereocenters. The van der Waals surface area contributed by atoms with Crippen LogP contribution in [0, 0.1) is 6.92 Å². The van der Waals surface area contributed by atoms with E-state index in [0.29, 0.717) is 43.3 Å². The molecule has 2 aromatic carbocycles. The number of furan rings is 1. The molecule has 0 spiro atoms. The van der Waals surface area contributed by atoms with E-state index in [4.69, 9.17) is 13.9 Å². The van der Waals surface area contributed by atoms with Crippen molar-refractivity contribution >= 4 is 29.4 Å². The third-order valence-corrected chi connectivity index (χ3v) is 7.36. The molecule has 5 rings (SSSR count). The first-order valence-electron chi connectivity index (χ1n) is 12.4. The maximum Gasteiger partial charge on any atom is 0.338 e. The number of hydrogen-bond donors (Lipinski definition) is 0. The number of benzene rings is 2. The number of carbonyl (C=O) groups excluding carboxylic acids is 2. The summed E-state index contributed by atoms with van der Waals surface area (Å²) in [5, 5.41) is 0. The molecule has 198 valence electrons. The molecule has 8 nitrogen and oxygen atoms in total. The molecule has 0 bridgehead atoms. The fourth-order valence-corrected chi connectivity index (χ4v) is 5.51. The average molecular weight is 543 g/mol. The van der Waals surface area contributed by atoms with Crippen molar-refractivity contribution in [3.8, 4) is 11.3 Å². The van der Waals surface area contributed by atoms with Crippen molar-refractivity contribution in [3.05, 3.63) is 114 Å². The first-order valence-corrected chi connectivity index (χ1v) is 13.2. The molecular weight excluding hydrogens is 516 g/mol. The molecule has 2 aromatic heterocycles. The number of aromatic nitrogens is 1. The van der Waals surface area contributed by atoms with E-state index < -0.39 is 18.0 Å². The molecule has 0 saturated carbocycles. The Morgan fingerprint density at radius 2 is 1.85 bits per heavy atom. The summed E-state index contributed by atoms with van der Waals surface area (Å²) in [6.45, 7) is 5.69. The second kappa shape index (κ2) is 10.7. The van der Waals surface area contributed by atoms with Crippen LogP contribution in [0.4, 0.5) is 0 Å². The van der Waals surface area contributed by atoms with E-state index in [1.165, 1.54) is 18.4 Å². The summed E-state index contributed by atoms with van der Waals surface area (Å²) in [5.41, 5.74) is 3.53. The summed E-state index contributed by atoms with van der Waals surface area (Å²) in [4.78, 5) is 43.7. The summed E-state index contributed by atoms with van der Waals surface area (Å²) in [7, 11) is 1.33. The lowest BCUT2D eigenvalue weighted by atomic mass is 9.95. The molecule has 39 heavy (non-hydrogen) atoms. The van der Waals surface area contributed by atoms with Crippen LogP contribution in [0.15, 0.2) is 86.1 Å². The summed E-state index contributed by atoms with van der Waals surface area (Å²) >= 11 is 1.22. The zero-order valence-corrected chi connectivity index (χ0v) is 22.7. The van der Waals surface area contributed by atoms with Gasteiger partial charge in [0.15, 0.2) is 4.80 Å². The van der Waals surface area contributed by atoms with Crippen LogP contribution in [0.2, 0.25) is 0 Å². The molecule has 0 fully saturated rings. The van der Waals surface area contributed by atoms with Gasteiger partial charge in [-0.15, -0.1) is 0 Å². The van der Waals surface area contributed by atoms with Crippen molar-refractivity contribution < 1.29 is 23.5 Å². The van der Waals surface area contributed by atoms with Gasteiger partial charge in [0.1, 0.15) is 11.5 Å². The maximum atomic E-state index is 13.7. The number of nitrogens with zero attached hydrogens (tertiary/aromatic N) is 2. The van der Waals surface area contributed by atoms with Gasteiger partial charge in [-0.25, -0.2) is 14.6 Å². The van der Waals surface area contributed by atoms with Gasteiger partial charge in [0.05, 0.1) is 41.1 Å². The molecule has 0 radical (unpaired) electrons. The molecule has 4 aromatic rings. The number of aryl methyl sites for hydroxylation is 1. The summed E-state index contributed by atoms with van der Waals surface area (Å²) in [6.07, 6.45) is 1.66. The van der Waals surface area contributed by atoms with Crippen LogP contribution in [-0.2, 0) is 14.3 Å². The first kappa shape index (κ1) is 26.1. The summed E-state index contributed by atoms with van der Waals surface area (Å²) < 4.78 is 18.1. The lowest BCUT2D eigenvalue weighted by Gasteiger charge is -2.24. The van der Waals surface area contributed by atoms with E-state index in [1.54, 1.807) is 54.8 Å². The van der Waals surface area contributed by atoms with Crippen LogP contribution in [0.25, 0.3) is 17.4 Å². The van der Waals surface area contributed by atoms with E-state index in [-0.39, 0.29) is 12.2 Å². The van der Waals surface area contributed by atoms with Crippen LogP contribution in [0.3, 0.4) is 0 Å². The van der Waals surface area contributed by atoms with Crippen LogP contribution in [0.1, 0.15) is 47.1 Å². The van der Waals surface area contributed by atoms with E-state index in [9.17, 15) is 14.4 Å². The van der Waals surface area contributed by atoms with Crippen LogP contribution in [0.5, 0.6) is 0 Å². The van der Waals surface area contributed by atoms with Crippen molar-refractivity contribution in [1.29, 1.82) is 0 Å². The van der Waals surface area contributed by atoms with Gasteiger partial charge >= 0.3 is 11.9 Å². The predicted molar refractivity (Wildman–Crippen MR) is 147 cm³/mol. The molecule has 1 aliphatic rings. The second-order valence-corrected chi connectivity index (χ2v) is 10.00. The Morgan fingerprint density at radius 3 is 2.56 bits per heavy atom. The van der Waals surface area contributed by atoms with Crippen molar-refractivity contribution in [2.45, 2.75) is 26.8 Å². The number of thiazole rings is 1. The number of carbonyl (C=O) groups is 2. The van der Waals surface area contributed by atoms with Crippen LogP contribution in [-0.4, -0.2) is 30.2 Å². The van der Waals surface area contributed by atoms with Crippen molar-refractivity contribution in [2.24, 2.45) is 4.99 Å². The number of fused-ring (bicyclic) bond motifs is 1. The molecule has 0 unspecified atom stereocenters. The topological polar surface area (TPSA) is 100 Å². The molecule has 3 heterocycles. The zero-order valence-electron chi connectivity index (χ0n) is 21.9. The minimum Gasteiger partial charge on any atom is -0.465 e. The zero-order chi connectivity index (χ0) is 27.7. The fourth-order valence-electron chi connectivity index (χ4n) is 4.49.